The minimum Gasteiger partial charge on any atom is -0.384 e. The lowest BCUT2D eigenvalue weighted by Crippen LogP contribution is -2.25. The first kappa shape index (κ1) is 8.35. The zero-order valence-electron chi connectivity index (χ0n) is 7.05. The average Bonchev–Trinajstić information content (AvgIpc) is 2.12. The zero-order chi connectivity index (χ0) is 8.55. The van der Waals surface area contributed by atoms with E-state index in [1.165, 1.54) is 11.3 Å². The Balaban J connectivity index is 2.42. The molecule has 1 aliphatic rings. The molecule has 0 saturated carbocycles. The standard InChI is InChI=1S/C10H12IN/c1-7-8-4-2-3-5-10(8)12-6-9(7)11/h2-5,7,9,12H,6H2,1H3/t7-,9-/m1/s1. The topological polar surface area (TPSA) is 12.0 Å². The number of para-hydroxylation sites is 1. The summed E-state index contributed by atoms with van der Waals surface area (Å²) in [5.41, 5.74) is 2.78. The Hall–Kier alpha value is -0.250. The van der Waals surface area contributed by atoms with E-state index in [1.54, 1.807) is 0 Å². The summed E-state index contributed by atoms with van der Waals surface area (Å²) in [6, 6.07) is 8.59. The summed E-state index contributed by atoms with van der Waals surface area (Å²) in [7, 11) is 0. The predicted molar refractivity (Wildman–Crippen MR) is 61.2 cm³/mol. The quantitative estimate of drug-likeness (QED) is 0.566. The van der Waals surface area contributed by atoms with Crippen LogP contribution in [-0.2, 0) is 0 Å². The summed E-state index contributed by atoms with van der Waals surface area (Å²) in [4.78, 5) is 0. The molecule has 0 amide bonds. The van der Waals surface area contributed by atoms with Crippen LogP contribution in [0.1, 0.15) is 18.4 Å². The van der Waals surface area contributed by atoms with E-state index in [9.17, 15) is 0 Å². The molecule has 1 heterocycles. The number of fused-ring (bicyclic) bond motifs is 1. The Kier molecular flexibility index (Phi) is 2.26. The van der Waals surface area contributed by atoms with E-state index in [0.717, 1.165) is 10.5 Å². The van der Waals surface area contributed by atoms with Gasteiger partial charge in [0.1, 0.15) is 0 Å². The molecule has 2 rings (SSSR count). The van der Waals surface area contributed by atoms with Gasteiger partial charge in [-0.3, -0.25) is 0 Å². The minimum absolute atomic E-state index is 0.683. The molecule has 0 unspecified atom stereocenters. The number of hydrogen-bond donors (Lipinski definition) is 1. The highest BCUT2D eigenvalue weighted by Crippen LogP contribution is 2.34. The molecule has 1 aromatic rings. The largest absolute Gasteiger partial charge is 0.384 e. The monoisotopic (exact) mass is 273 g/mol. The van der Waals surface area contributed by atoms with Crippen molar-refractivity contribution in [2.24, 2.45) is 0 Å². The molecular formula is C10H12IN. The first-order valence-corrected chi connectivity index (χ1v) is 5.50. The van der Waals surface area contributed by atoms with Crippen molar-refractivity contribution in [2.75, 3.05) is 11.9 Å². The maximum atomic E-state index is 3.44. The molecular weight excluding hydrogens is 261 g/mol. The molecule has 2 atom stereocenters. The van der Waals surface area contributed by atoms with Gasteiger partial charge in [0.25, 0.3) is 0 Å². The molecule has 2 heteroatoms. The summed E-state index contributed by atoms with van der Waals surface area (Å²) < 4.78 is 0.720. The van der Waals surface area contributed by atoms with Gasteiger partial charge in [-0.25, -0.2) is 0 Å². The van der Waals surface area contributed by atoms with Crippen LogP contribution in [0.25, 0.3) is 0 Å². The maximum Gasteiger partial charge on any atom is 0.0376 e. The Morgan fingerprint density at radius 2 is 2.17 bits per heavy atom. The third-order valence-corrected chi connectivity index (χ3v) is 4.00. The molecule has 1 N–H and O–H groups in total. The van der Waals surface area contributed by atoms with Gasteiger partial charge in [0.15, 0.2) is 0 Å². The molecule has 0 spiro atoms. The zero-order valence-corrected chi connectivity index (χ0v) is 9.21. The van der Waals surface area contributed by atoms with E-state index in [4.69, 9.17) is 0 Å². The van der Waals surface area contributed by atoms with Crippen LogP contribution in [0.5, 0.6) is 0 Å². The van der Waals surface area contributed by atoms with Crippen LogP contribution in [0.2, 0.25) is 0 Å². The second-order valence-electron chi connectivity index (χ2n) is 3.27. The lowest BCUT2D eigenvalue weighted by Gasteiger charge is -2.28. The first-order chi connectivity index (χ1) is 5.79. The number of hydrogen-bond acceptors (Lipinski definition) is 1. The predicted octanol–water partition coefficient (Wildman–Crippen LogP) is 3.02. The maximum absolute atomic E-state index is 3.44. The van der Waals surface area contributed by atoms with E-state index in [-0.39, 0.29) is 0 Å². The number of benzene rings is 1. The molecule has 0 bridgehead atoms. The highest BCUT2D eigenvalue weighted by molar-refractivity contribution is 14.1. The van der Waals surface area contributed by atoms with Crippen molar-refractivity contribution in [2.45, 2.75) is 16.8 Å². The molecule has 12 heavy (non-hydrogen) atoms. The Morgan fingerprint density at radius 1 is 1.42 bits per heavy atom. The summed E-state index contributed by atoms with van der Waals surface area (Å²) >= 11 is 2.52. The van der Waals surface area contributed by atoms with Crippen LogP contribution in [0.15, 0.2) is 24.3 Å². The van der Waals surface area contributed by atoms with E-state index >= 15 is 0 Å². The van der Waals surface area contributed by atoms with Crippen LogP contribution in [-0.4, -0.2) is 10.5 Å². The van der Waals surface area contributed by atoms with Gasteiger partial charge in [0.2, 0.25) is 0 Å². The van der Waals surface area contributed by atoms with Crippen molar-refractivity contribution in [3.63, 3.8) is 0 Å². The SMILES string of the molecule is C[C@@H]1c2ccccc2NC[C@H]1I. The molecule has 0 radical (unpaired) electrons. The summed E-state index contributed by atoms with van der Waals surface area (Å²) in [5.74, 6) is 0.683. The minimum atomic E-state index is 0.683. The van der Waals surface area contributed by atoms with E-state index in [0.29, 0.717) is 5.92 Å². The van der Waals surface area contributed by atoms with Crippen LogP contribution < -0.4 is 5.32 Å². The van der Waals surface area contributed by atoms with Crippen molar-refractivity contribution in [3.8, 4) is 0 Å². The molecule has 0 aromatic heterocycles. The van der Waals surface area contributed by atoms with E-state index in [1.807, 2.05) is 0 Å². The Labute approximate surface area is 86.7 Å². The number of halogens is 1. The van der Waals surface area contributed by atoms with Crippen LogP contribution in [0.3, 0.4) is 0 Å². The molecule has 1 aromatic carbocycles. The third-order valence-electron chi connectivity index (χ3n) is 2.48. The average molecular weight is 273 g/mol. The fourth-order valence-electron chi connectivity index (χ4n) is 1.63. The van der Waals surface area contributed by atoms with E-state index in [2.05, 4.69) is 59.1 Å². The highest BCUT2D eigenvalue weighted by atomic mass is 127. The third kappa shape index (κ3) is 1.32. The molecule has 0 fully saturated rings. The van der Waals surface area contributed by atoms with E-state index < -0.39 is 0 Å². The van der Waals surface area contributed by atoms with Gasteiger partial charge in [0.05, 0.1) is 0 Å². The smallest absolute Gasteiger partial charge is 0.0376 e. The number of anilines is 1. The van der Waals surface area contributed by atoms with Crippen molar-refractivity contribution >= 4 is 28.3 Å². The highest BCUT2D eigenvalue weighted by Gasteiger charge is 2.22. The molecule has 64 valence electrons. The summed E-state index contributed by atoms with van der Waals surface area (Å²) in [5, 5.41) is 3.44. The fourth-order valence-corrected chi connectivity index (χ4v) is 2.24. The van der Waals surface area contributed by atoms with Gasteiger partial charge >= 0.3 is 0 Å². The Bertz CT molecular complexity index is 285. The molecule has 1 aliphatic heterocycles. The lowest BCUT2D eigenvalue weighted by molar-refractivity contribution is 0.722. The van der Waals surface area contributed by atoms with Gasteiger partial charge in [-0.2, -0.15) is 0 Å². The fraction of sp³-hybridized carbons (Fsp3) is 0.400. The summed E-state index contributed by atoms with van der Waals surface area (Å²) in [6.45, 7) is 3.40. The normalized spacial score (nSPS) is 27.5. The van der Waals surface area contributed by atoms with Gasteiger partial charge in [-0.15, -0.1) is 0 Å². The second kappa shape index (κ2) is 3.24. The van der Waals surface area contributed by atoms with Crippen LogP contribution >= 0.6 is 22.6 Å². The van der Waals surface area contributed by atoms with Gasteiger partial charge in [-0.1, -0.05) is 47.7 Å². The van der Waals surface area contributed by atoms with Crippen molar-refractivity contribution < 1.29 is 0 Å². The van der Waals surface area contributed by atoms with Crippen LogP contribution in [0, 0.1) is 0 Å². The Morgan fingerprint density at radius 3 is 3.00 bits per heavy atom. The van der Waals surface area contributed by atoms with Gasteiger partial charge in [-0.05, 0) is 17.5 Å². The van der Waals surface area contributed by atoms with Gasteiger partial charge < -0.3 is 5.32 Å². The van der Waals surface area contributed by atoms with Crippen molar-refractivity contribution in [3.05, 3.63) is 29.8 Å². The number of nitrogens with one attached hydrogen (secondary N) is 1. The van der Waals surface area contributed by atoms with Crippen LogP contribution in [0.4, 0.5) is 5.69 Å². The van der Waals surface area contributed by atoms with Crippen molar-refractivity contribution in [1.82, 2.24) is 0 Å². The second-order valence-corrected chi connectivity index (χ2v) is 4.87. The van der Waals surface area contributed by atoms with Gasteiger partial charge in [0, 0.05) is 16.2 Å². The first-order valence-electron chi connectivity index (χ1n) is 4.26. The molecule has 0 saturated heterocycles. The number of alkyl halides is 1. The van der Waals surface area contributed by atoms with Crippen molar-refractivity contribution in [1.29, 1.82) is 0 Å². The summed E-state index contributed by atoms with van der Waals surface area (Å²) in [6.07, 6.45) is 0. The lowest BCUT2D eigenvalue weighted by atomic mass is 9.93. The number of rotatable bonds is 0. The molecule has 1 nitrogen and oxygen atoms in total. The molecule has 0 aliphatic carbocycles.